The van der Waals surface area contributed by atoms with Crippen LogP contribution in [0.25, 0.3) is 11.0 Å². The Morgan fingerprint density at radius 1 is 1.08 bits per heavy atom. The van der Waals surface area contributed by atoms with Gasteiger partial charge in [0, 0.05) is 11.1 Å². The topological polar surface area (TPSA) is 145 Å². The predicted molar refractivity (Wildman–Crippen MR) is 102 cm³/mol. The number of para-hydroxylation sites is 1. The van der Waals surface area contributed by atoms with Crippen LogP contribution in [0, 0.1) is 6.92 Å². The number of aryl methyl sites for hydroxylation is 1. The first kappa shape index (κ1) is 17.0. The zero-order chi connectivity index (χ0) is 18.7. The highest BCUT2D eigenvalue weighted by molar-refractivity contribution is 6.05. The molecule has 8 nitrogen and oxygen atoms in total. The van der Waals surface area contributed by atoms with E-state index in [4.69, 9.17) is 21.6 Å². The summed E-state index contributed by atoms with van der Waals surface area (Å²) < 4.78 is 5.57. The first-order chi connectivity index (χ1) is 12.4. The van der Waals surface area contributed by atoms with E-state index in [1.807, 2.05) is 31.2 Å². The second-order valence-electron chi connectivity index (χ2n) is 5.61. The summed E-state index contributed by atoms with van der Waals surface area (Å²) in [4.78, 5) is 20.2. The van der Waals surface area contributed by atoms with Crippen molar-refractivity contribution in [2.45, 2.75) is 6.92 Å². The number of anilines is 1. The number of fused-ring (bicyclic) bond motifs is 1. The number of guanidine groups is 2. The van der Waals surface area contributed by atoms with E-state index in [2.05, 4.69) is 15.3 Å². The fourth-order valence-electron chi connectivity index (χ4n) is 2.42. The molecule has 0 fully saturated rings. The van der Waals surface area contributed by atoms with Crippen molar-refractivity contribution >= 4 is 40.2 Å². The molecule has 3 rings (SSSR count). The Kier molecular flexibility index (Phi) is 4.57. The molecule has 0 aliphatic heterocycles. The molecule has 3 aromatic rings. The molecule has 7 N–H and O–H groups in total. The van der Waals surface area contributed by atoms with Gasteiger partial charge in [-0.2, -0.15) is 4.99 Å². The molecule has 2 aromatic carbocycles. The van der Waals surface area contributed by atoms with Crippen molar-refractivity contribution in [2.24, 2.45) is 27.2 Å². The van der Waals surface area contributed by atoms with Crippen molar-refractivity contribution in [3.8, 4) is 0 Å². The summed E-state index contributed by atoms with van der Waals surface area (Å²) in [6, 6.07) is 14.3. The van der Waals surface area contributed by atoms with Crippen molar-refractivity contribution in [2.75, 3.05) is 5.32 Å². The van der Waals surface area contributed by atoms with Crippen molar-refractivity contribution in [3.05, 3.63) is 59.9 Å². The molecule has 1 heterocycles. The molecule has 1 aromatic heterocycles. The lowest BCUT2D eigenvalue weighted by atomic mass is 10.1. The summed E-state index contributed by atoms with van der Waals surface area (Å²) >= 11 is 0. The van der Waals surface area contributed by atoms with Crippen LogP contribution in [0.15, 0.2) is 62.9 Å². The predicted octanol–water partition coefficient (Wildman–Crippen LogP) is 2.21. The van der Waals surface area contributed by atoms with E-state index in [1.54, 1.807) is 24.3 Å². The van der Waals surface area contributed by atoms with E-state index in [1.165, 1.54) is 0 Å². The Morgan fingerprint density at radius 2 is 1.85 bits per heavy atom. The minimum atomic E-state index is -0.333. The number of furan rings is 1. The molecule has 0 bridgehead atoms. The average Bonchev–Trinajstić information content (AvgIpc) is 3.00. The Bertz CT molecular complexity index is 998. The minimum absolute atomic E-state index is 0.0524. The molecule has 8 heteroatoms. The van der Waals surface area contributed by atoms with Gasteiger partial charge in [-0.05, 0) is 42.8 Å². The van der Waals surface area contributed by atoms with Gasteiger partial charge in [0.25, 0.3) is 5.91 Å². The van der Waals surface area contributed by atoms with Crippen LogP contribution in [-0.2, 0) is 0 Å². The highest BCUT2D eigenvalue weighted by Crippen LogP contribution is 2.24. The van der Waals surface area contributed by atoms with Gasteiger partial charge in [0.1, 0.15) is 5.58 Å². The molecule has 0 spiro atoms. The van der Waals surface area contributed by atoms with Gasteiger partial charge in [-0.25, -0.2) is 4.99 Å². The number of amides is 1. The maximum absolute atomic E-state index is 12.4. The Labute approximate surface area is 149 Å². The van der Waals surface area contributed by atoms with Gasteiger partial charge in [0.2, 0.25) is 5.96 Å². The summed E-state index contributed by atoms with van der Waals surface area (Å²) in [6.45, 7) is 1.84. The maximum atomic E-state index is 12.4. The smallest absolute Gasteiger partial charge is 0.291 e. The molecule has 1 amide bonds. The van der Waals surface area contributed by atoms with Crippen molar-refractivity contribution in [1.29, 1.82) is 0 Å². The van der Waals surface area contributed by atoms with E-state index in [9.17, 15) is 4.79 Å². The van der Waals surface area contributed by atoms with Crippen LogP contribution in [0.5, 0.6) is 0 Å². The number of hydrogen-bond donors (Lipinski definition) is 4. The molecule has 0 aliphatic rings. The zero-order valence-electron chi connectivity index (χ0n) is 14.1. The molecule has 0 atom stereocenters. The monoisotopic (exact) mass is 350 g/mol. The molecular weight excluding hydrogens is 332 g/mol. The van der Waals surface area contributed by atoms with Crippen LogP contribution >= 0.6 is 0 Å². The minimum Gasteiger partial charge on any atom is -0.451 e. The van der Waals surface area contributed by atoms with E-state index in [0.29, 0.717) is 17.0 Å². The summed E-state index contributed by atoms with van der Waals surface area (Å²) in [6.07, 6.45) is 0. The fraction of sp³-hybridized carbons (Fsp3) is 0.0556. The molecule has 0 saturated carbocycles. The first-order valence-electron chi connectivity index (χ1n) is 7.77. The van der Waals surface area contributed by atoms with Gasteiger partial charge in [-0.15, -0.1) is 0 Å². The van der Waals surface area contributed by atoms with Crippen LogP contribution in [0.2, 0.25) is 0 Å². The highest BCUT2D eigenvalue weighted by atomic mass is 16.3. The quantitative estimate of drug-likeness (QED) is 0.422. The third-order valence-corrected chi connectivity index (χ3v) is 3.59. The second kappa shape index (κ2) is 6.98. The van der Waals surface area contributed by atoms with E-state index in [0.717, 1.165) is 10.9 Å². The third kappa shape index (κ3) is 3.81. The Hall–Kier alpha value is -3.81. The number of carbonyl (C=O) groups excluding carboxylic acids is 1. The summed E-state index contributed by atoms with van der Waals surface area (Å²) in [5, 5.41) is 3.69. The highest BCUT2D eigenvalue weighted by Gasteiger charge is 2.13. The van der Waals surface area contributed by atoms with Gasteiger partial charge in [0.05, 0.1) is 5.69 Å². The largest absolute Gasteiger partial charge is 0.451 e. The zero-order valence-corrected chi connectivity index (χ0v) is 14.1. The van der Waals surface area contributed by atoms with Gasteiger partial charge >= 0.3 is 0 Å². The van der Waals surface area contributed by atoms with Crippen molar-refractivity contribution in [3.63, 3.8) is 0 Å². The molecular formula is C18H18N6O2. The van der Waals surface area contributed by atoms with Gasteiger partial charge in [-0.3, -0.25) is 4.79 Å². The van der Waals surface area contributed by atoms with E-state index in [-0.39, 0.29) is 23.6 Å². The number of aliphatic imine (C=N–C) groups is 2. The molecule has 132 valence electrons. The number of carbonyl (C=O) groups is 1. The van der Waals surface area contributed by atoms with Crippen molar-refractivity contribution in [1.82, 2.24) is 0 Å². The summed E-state index contributed by atoms with van der Waals surface area (Å²) in [5.41, 5.74) is 18.8. The van der Waals surface area contributed by atoms with E-state index < -0.39 is 0 Å². The van der Waals surface area contributed by atoms with Crippen LogP contribution in [0.4, 0.5) is 11.4 Å². The van der Waals surface area contributed by atoms with Gasteiger partial charge < -0.3 is 26.9 Å². The molecule has 26 heavy (non-hydrogen) atoms. The number of rotatable bonds is 3. The maximum Gasteiger partial charge on any atom is 0.291 e. The van der Waals surface area contributed by atoms with Gasteiger partial charge in [0.15, 0.2) is 11.7 Å². The van der Waals surface area contributed by atoms with Crippen molar-refractivity contribution < 1.29 is 9.21 Å². The third-order valence-electron chi connectivity index (χ3n) is 3.59. The lowest BCUT2D eigenvalue weighted by Gasteiger charge is -2.07. The lowest BCUT2D eigenvalue weighted by molar-refractivity contribution is 0.0998. The first-order valence-corrected chi connectivity index (χ1v) is 7.77. The molecule has 0 unspecified atom stereocenters. The second-order valence-corrected chi connectivity index (χ2v) is 5.61. The Balaban J connectivity index is 1.79. The normalized spacial score (nSPS) is 11.3. The SMILES string of the molecule is Cc1cc(N=C(N)N=C(N)N)ccc1NC(=O)c1cc2ccccc2o1. The van der Waals surface area contributed by atoms with Crippen LogP contribution in [0.1, 0.15) is 16.1 Å². The molecule has 0 saturated heterocycles. The average molecular weight is 350 g/mol. The number of nitrogens with two attached hydrogens (primary N) is 3. The number of nitrogens with zero attached hydrogens (tertiary/aromatic N) is 2. The summed E-state index contributed by atoms with van der Waals surface area (Å²) in [5.74, 6) is -0.313. The van der Waals surface area contributed by atoms with Crippen LogP contribution in [-0.4, -0.2) is 17.8 Å². The number of benzene rings is 2. The van der Waals surface area contributed by atoms with Crippen LogP contribution in [0.3, 0.4) is 0 Å². The fourth-order valence-corrected chi connectivity index (χ4v) is 2.42. The standard InChI is InChI=1S/C18H18N6O2/c1-10-8-12(22-18(21)24-17(19)20)6-7-13(10)23-16(25)15-9-11-4-2-3-5-14(11)26-15/h2-9H,1H3,(H,23,25)(H6,19,20,21,22,24). The van der Waals surface area contributed by atoms with Crippen LogP contribution < -0.4 is 22.5 Å². The Morgan fingerprint density at radius 3 is 2.54 bits per heavy atom. The summed E-state index contributed by atoms with van der Waals surface area (Å²) in [7, 11) is 0. The number of hydrogen-bond acceptors (Lipinski definition) is 3. The molecule has 0 radical (unpaired) electrons. The molecule has 0 aliphatic carbocycles. The lowest BCUT2D eigenvalue weighted by Crippen LogP contribution is -2.26. The van der Waals surface area contributed by atoms with Gasteiger partial charge in [-0.1, -0.05) is 18.2 Å². The van der Waals surface area contributed by atoms with E-state index >= 15 is 0 Å². The number of nitrogens with one attached hydrogen (secondary N) is 1.